The number of benzene rings is 1. The maximum Gasteiger partial charge on any atom is 0.387 e. The van der Waals surface area contributed by atoms with Crippen LogP contribution in [0.4, 0.5) is 8.78 Å². The summed E-state index contributed by atoms with van der Waals surface area (Å²) in [6, 6.07) is 6.66. The molecule has 144 valence electrons. The second kappa shape index (κ2) is 11.5. The topological polar surface area (TPSA) is 54.9 Å². The molecule has 0 saturated heterocycles. The minimum atomic E-state index is -2.85. The van der Waals surface area contributed by atoms with E-state index in [1.54, 1.807) is 32.4 Å². The van der Waals surface area contributed by atoms with Gasteiger partial charge in [0, 0.05) is 32.8 Å². The van der Waals surface area contributed by atoms with Gasteiger partial charge in [0.15, 0.2) is 5.96 Å². The summed E-state index contributed by atoms with van der Waals surface area (Å²) in [6.07, 6.45) is 0.00510. The van der Waals surface area contributed by atoms with Gasteiger partial charge in [-0.2, -0.15) is 8.78 Å². The van der Waals surface area contributed by atoms with Gasteiger partial charge in [-0.05, 0) is 11.5 Å². The molecule has 0 heterocycles. The number of hydrogen-bond donors (Lipinski definition) is 2. The molecular formula is C17H28F2IN3O2. The van der Waals surface area contributed by atoms with E-state index in [1.165, 1.54) is 6.07 Å². The molecule has 0 amide bonds. The molecule has 0 fully saturated rings. The van der Waals surface area contributed by atoms with Gasteiger partial charge < -0.3 is 20.1 Å². The van der Waals surface area contributed by atoms with Gasteiger partial charge in [0.1, 0.15) is 5.75 Å². The van der Waals surface area contributed by atoms with Crippen molar-refractivity contribution in [1.29, 1.82) is 0 Å². The maximum absolute atomic E-state index is 12.4. The van der Waals surface area contributed by atoms with Crippen molar-refractivity contribution >= 4 is 29.9 Å². The third-order valence-corrected chi connectivity index (χ3v) is 3.56. The Labute approximate surface area is 165 Å². The summed E-state index contributed by atoms with van der Waals surface area (Å²) >= 11 is 0. The number of halogens is 3. The first kappa shape index (κ1) is 23.8. The van der Waals surface area contributed by atoms with Gasteiger partial charge in [-0.1, -0.05) is 39.0 Å². The molecule has 1 aromatic rings. The van der Waals surface area contributed by atoms with Crippen LogP contribution >= 0.6 is 24.0 Å². The van der Waals surface area contributed by atoms with Crippen LogP contribution in [0.25, 0.3) is 0 Å². The quantitative estimate of drug-likeness (QED) is 0.363. The average Bonchev–Trinajstić information content (AvgIpc) is 2.50. The monoisotopic (exact) mass is 471 g/mol. The number of para-hydroxylation sites is 1. The normalized spacial score (nSPS) is 13.2. The maximum atomic E-state index is 12.4. The fourth-order valence-electron chi connectivity index (χ4n) is 2.19. The van der Waals surface area contributed by atoms with Gasteiger partial charge in [-0.25, -0.2) is 0 Å². The van der Waals surface area contributed by atoms with Crippen LogP contribution in [0.15, 0.2) is 29.3 Å². The SMILES string of the molecule is CN=C(NCc1ccccc1OC(F)F)NCC(OC)C(C)(C)C.I. The van der Waals surface area contributed by atoms with E-state index in [0.29, 0.717) is 24.6 Å². The number of nitrogens with one attached hydrogen (secondary N) is 2. The number of ether oxygens (including phenoxy) is 2. The number of hydrogen-bond acceptors (Lipinski definition) is 3. The molecule has 0 bridgehead atoms. The number of nitrogens with zero attached hydrogens (tertiary/aromatic N) is 1. The van der Waals surface area contributed by atoms with Crippen LogP contribution < -0.4 is 15.4 Å². The number of alkyl halides is 2. The Balaban J connectivity index is 0.00000576. The highest BCUT2D eigenvalue weighted by Gasteiger charge is 2.24. The van der Waals surface area contributed by atoms with Crippen molar-refractivity contribution in [3.05, 3.63) is 29.8 Å². The van der Waals surface area contributed by atoms with Crippen molar-refractivity contribution in [3.63, 3.8) is 0 Å². The fourth-order valence-corrected chi connectivity index (χ4v) is 2.19. The number of methoxy groups -OCH3 is 1. The molecule has 5 nitrogen and oxygen atoms in total. The van der Waals surface area contributed by atoms with E-state index in [1.807, 2.05) is 0 Å². The summed E-state index contributed by atoms with van der Waals surface area (Å²) < 4.78 is 34.9. The van der Waals surface area contributed by atoms with E-state index in [4.69, 9.17) is 4.74 Å². The number of aliphatic imine (C=N–C) groups is 1. The first-order valence-corrected chi connectivity index (χ1v) is 7.78. The molecule has 1 aromatic carbocycles. The molecule has 2 N–H and O–H groups in total. The Kier molecular flexibility index (Phi) is 10.9. The van der Waals surface area contributed by atoms with E-state index in [9.17, 15) is 8.78 Å². The standard InChI is InChI=1S/C17H27F2N3O2.HI/c1-17(2,3)14(23-5)11-22-16(20-4)21-10-12-8-6-7-9-13(12)24-15(18)19;/h6-9,14-15H,10-11H2,1-5H3,(H2,20,21,22);1H. The van der Waals surface area contributed by atoms with E-state index in [0.717, 1.165) is 0 Å². The third-order valence-electron chi connectivity index (χ3n) is 3.56. The molecule has 0 aromatic heterocycles. The van der Waals surface area contributed by atoms with Crippen molar-refractivity contribution in [1.82, 2.24) is 10.6 Å². The van der Waals surface area contributed by atoms with Crippen molar-refractivity contribution in [2.75, 3.05) is 20.7 Å². The van der Waals surface area contributed by atoms with Gasteiger partial charge in [-0.15, -0.1) is 24.0 Å². The molecule has 0 radical (unpaired) electrons. The summed E-state index contributed by atoms with van der Waals surface area (Å²) in [4.78, 5) is 4.13. The molecule has 0 aliphatic rings. The van der Waals surface area contributed by atoms with Gasteiger partial charge in [0.25, 0.3) is 0 Å². The molecule has 8 heteroatoms. The van der Waals surface area contributed by atoms with Crippen molar-refractivity contribution < 1.29 is 18.3 Å². The van der Waals surface area contributed by atoms with Crippen LogP contribution in [0.3, 0.4) is 0 Å². The Hall–Kier alpha value is -1.16. The van der Waals surface area contributed by atoms with Gasteiger partial charge in [-0.3, -0.25) is 4.99 Å². The Morgan fingerprint density at radius 3 is 2.36 bits per heavy atom. The Morgan fingerprint density at radius 1 is 1.20 bits per heavy atom. The van der Waals surface area contributed by atoms with Crippen LogP contribution in [0.5, 0.6) is 5.75 Å². The molecule has 0 aliphatic carbocycles. The summed E-state index contributed by atoms with van der Waals surface area (Å²) in [7, 11) is 3.32. The number of guanidine groups is 1. The molecule has 0 saturated carbocycles. The van der Waals surface area contributed by atoms with Crippen molar-refractivity contribution in [2.24, 2.45) is 10.4 Å². The highest BCUT2D eigenvalue weighted by atomic mass is 127. The number of rotatable bonds is 7. The van der Waals surface area contributed by atoms with Gasteiger partial charge >= 0.3 is 6.61 Å². The van der Waals surface area contributed by atoms with Crippen LogP contribution in [0.2, 0.25) is 0 Å². The minimum Gasteiger partial charge on any atom is -0.434 e. The summed E-state index contributed by atoms with van der Waals surface area (Å²) in [5, 5.41) is 6.27. The van der Waals surface area contributed by atoms with Crippen molar-refractivity contribution in [3.8, 4) is 5.75 Å². The first-order chi connectivity index (χ1) is 11.3. The second-order valence-electron chi connectivity index (χ2n) is 6.38. The summed E-state index contributed by atoms with van der Waals surface area (Å²) in [5.41, 5.74) is 0.609. The van der Waals surface area contributed by atoms with Crippen LogP contribution in [-0.4, -0.2) is 39.4 Å². The Morgan fingerprint density at radius 2 is 1.84 bits per heavy atom. The second-order valence-corrected chi connectivity index (χ2v) is 6.38. The molecular weight excluding hydrogens is 443 g/mol. The Bertz CT molecular complexity index is 537. The largest absolute Gasteiger partial charge is 0.434 e. The predicted molar refractivity (Wildman–Crippen MR) is 107 cm³/mol. The van der Waals surface area contributed by atoms with E-state index >= 15 is 0 Å². The summed E-state index contributed by atoms with van der Waals surface area (Å²) in [5.74, 6) is 0.716. The fraction of sp³-hybridized carbons (Fsp3) is 0.588. The van der Waals surface area contributed by atoms with Gasteiger partial charge in [0.05, 0.1) is 6.10 Å². The highest BCUT2D eigenvalue weighted by molar-refractivity contribution is 14.0. The molecule has 1 unspecified atom stereocenters. The van der Waals surface area contributed by atoms with Crippen molar-refractivity contribution in [2.45, 2.75) is 40.0 Å². The average molecular weight is 471 g/mol. The molecule has 1 rings (SSSR count). The molecule has 25 heavy (non-hydrogen) atoms. The smallest absolute Gasteiger partial charge is 0.387 e. The molecule has 0 spiro atoms. The van der Waals surface area contributed by atoms with Crippen LogP contribution in [0, 0.1) is 5.41 Å². The zero-order valence-electron chi connectivity index (χ0n) is 15.3. The predicted octanol–water partition coefficient (Wildman–Crippen LogP) is 3.63. The lowest BCUT2D eigenvalue weighted by molar-refractivity contribution is -0.0504. The summed E-state index contributed by atoms with van der Waals surface area (Å²) in [6.45, 7) is 4.33. The zero-order valence-corrected chi connectivity index (χ0v) is 17.6. The van der Waals surface area contributed by atoms with Gasteiger partial charge in [0.2, 0.25) is 0 Å². The minimum absolute atomic E-state index is 0. The lowest BCUT2D eigenvalue weighted by Crippen LogP contribution is -2.45. The lowest BCUT2D eigenvalue weighted by Gasteiger charge is -2.30. The third kappa shape index (κ3) is 8.66. The molecule has 0 aliphatic heterocycles. The van der Waals surface area contributed by atoms with E-state index in [2.05, 4.69) is 41.1 Å². The first-order valence-electron chi connectivity index (χ1n) is 7.78. The lowest BCUT2D eigenvalue weighted by atomic mass is 9.89. The molecule has 1 atom stereocenters. The van der Waals surface area contributed by atoms with Crippen LogP contribution in [0.1, 0.15) is 26.3 Å². The van der Waals surface area contributed by atoms with E-state index < -0.39 is 6.61 Å². The zero-order chi connectivity index (χ0) is 18.2. The van der Waals surface area contributed by atoms with Crippen LogP contribution in [-0.2, 0) is 11.3 Å². The van der Waals surface area contributed by atoms with E-state index in [-0.39, 0.29) is 41.2 Å². The highest BCUT2D eigenvalue weighted by Crippen LogP contribution is 2.21.